The van der Waals surface area contributed by atoms with Crippen molar-refractivity contribution in [2.45, 2.75) is 37.5 Å². The molecule has 0 radical (unpaired) electrons. The molecule has 4 bridgehead atoms. The highest BCUT2D eigenvalue weighted by molar-refractivity contribution is 5.90. The smallest absolute Gasteiger partial charge is 0.326 e. The number of carboxylic acids is 1. The van der Waals surface area contributed by atoms with Crippen LogP contribution in [0.5, 0.6) is 11.5 Å². The first kappa shape index (κ1) is 25.0. The summed E-state index contributed by atoms with van der Waals surface area (Å²) >= 11 is 0. The molecule has 0 fully saturated rings. The molecule has 11 heteroatoms. The van der Waals surface area contributed by atoms with E-state index >= 15 is 0 Å². The second-order valence-electron chi connectivity index (χ2n) is 8.27. The summed E-state index contributed by atoms with van der Waals surface area (Å²) in [5.41, 5.74) is 13.8. The fourth-order valence-electron chi connectivity index (χ4n) is 3.82. The minimum absolute atomic E-state index is 0.0140. The summed E-state index contributed by atoms with van der Waals surface area (Å²) in [7, 11) is 0. The van der Waals surface area contributed by atoms with Gasteiger partial charge in [-0.25, -0.2) is 4.79 Å². The third kappa shape index (κ3) is 5.81. The summed E-state index contributed by atoms with van der Waals surface area (Å²) in [6.45, 7) is -0.505. The van der Waals surface area contributed by atoms with Crippen molar-refractivity contribution >= 4 is 17.8 Å². The Morgan fingerprint density at radius 1 is 1.09 bits per heavy atom. The molecule has 1 aliphatic heterocycles. The predicted octanol–water partition coefficient (Wildman–Crippen LogP) is -1.26. The molecular formula is C23H28N4O7. The monoisotopic (exact) mass is 472 g/mol. The number of aromatic hydroxyl groups is 2. The Morgan fingerprint density at radius 3 is 2.47 bits per heavy atom. The fraction of sp³-hybridized carbons (Fsp3) is 0.348. The molecule has 2 amide bonds. The number of carbonyl (C=O) groups excluding carboxylic acids is 2. The number of carboxylic acid groups (broad SMARTS) is 1. The highest BCUT2D eigenvalue weighted by Crippen LogP contribution is 2.34. The van der Waals surface area contributed by atoms with Gasteiger partial charge in [0, 0.05) is 25.8 Å². The summed E-state index contributed by atoms with van der Waals surface area (Å²) < 4.78 is 0. The van der Waals surface area contributed by atoms with Gasteiger partial charge >= 0.3 is 5.97 Å². The van der Waals surface area contributed by atoms with Crippen molar-refractivity contribution in [3.05, 3.63) is 47.0 Å². The van der Waals surface area contributed by atoms with Crippen LogP contribution in [0.4, 0.5) is 0 Å². The summed E-state index contributed by atoms with van der Waals surface area (Å²) in [5, 5.41) is 45.3. The molecule has 0 aromatic heterocycles. The van der Waals surface area contributed by atoms with Crippen molar-refractivity contribution < 1.29 is 34.8 Å². The largest absolute Gasteiger partial charge is 0.508 e. The summed E-state index contributed by atoms with van der Waals surface area (Å²) in [6.07, 6.45) is -1.05. The van der Waals surface area contributed by atoms with E-state index in [9.17, 15) is 34.8 Å². The molecule has 3 atom stereocenters. The van der Waals surface area contributed by atoms with E-state index in [2.05, 4.69) is 10.6 Å². The Morgan fingerprint density at radius 2 is 1.79 bits per heavy atom. The quantitative estimate of drug-likeness (QED) is 0.267. The van der Waals surface area contributed by atoms with Crippen molar-refractivity contribution in [3.8, 4) is 22.6 Å². The molecule has 1 aliphatic rings. The Hall–Kier alpha value is -3.67. The van der Waals surface area contributed by atoms with E-state index in [1.165, 1.54) is 12.1 Å². The topological polar surface area (TPSA) is 208 Å². The van der Waals surface area contributed by atoms with Crippen molar-refractivity contribution in [2.75, 3.05) is 13.1 Å². The van der Waals surface area contributed by atoms with Gasteiger partial charge in [-0.05, 0) is 52.1 Å². The highest BCUT2D eigenvalue weighted by Gasteiger charge is 2.25. The lowest BCUT2D eigenvalue weighted by molar-refractivity contribution is -0.141. The Labute approximate surface area is 195 Å². The van der Waals surface area contributed by atoms with Gasteiger partial charge in [-0.2, -0.15) is 0 Å². The molecule has 11 nitrogen and oxygen atoms in total. The fourth-order valence-corrected chi connectivity index (χ4v) is 3.82. The first-order valence-corrected chi connectivity index (χ1v) is 10.7. The number of hydrogen-bond acceptors (Lipinski definition) is 8. The molecule has 3 rings (SSSR count). The van der Waals surface area contributed by atoms with Crippen molar-refractivity contribution in [3.63, 3.8) is 0 Å². The van der Waals surface area contributed by atoms with Gasteiger partial charge in [0.2, 0.25) is 11.8 Å². The normalized spacial score (nSPS) is 19.9. The molecule has 2 aromatic carbocycles. The number of rotatable bonds is 4. The average molecular weight is 472 g/mol. The van der Waals surface area contributed by atoms with E-state index in [1.54, 1.807) is 18.2 Å². The molecule has 0 saturated carbocycles. The number of benzene rings is 2. The maximum absolute atomic E-state index is 12.3. The third-order valence-electron chi connectivity index (χ3n) is 5.68. The number of amides is 2. The van der Waals surface area contributed by atoms with E-state index < -0.39 is 42.5 Å². The first-order valence-electron chi connectivity index (χ1n) is 10.7. The van der Waals surface area contributed by atoms with Crippen LogP contribution in [0.1, 0.15) is 16.7 Å². The highest BCUT2D eigenvalue weighted by atomic mass is 16.4. The van der Waals surface area contributed by atoms with Crippen molar-refractivity contribution in [1.29, 1.82) is 0 Å². The van der Waals surface area contributed by atoms with Gasteiger partial charge in [-0.1, -0.05) is 6.07 Å². The molecule has 0 aliphatic carbocycles. The van der Waals surface area contributed by atoms with Crippen LogP contribution in [-0.4, -0.2) is 69.5 Å². The summed E-state index contributed by atoms with van der Waals surface area (Å²) in [4.78, 5) is 36.3. The van der Waals surface area contributed by atoms with E-state index in [0.29, 0.717) is 22.3 Å². The second-order valence-corrected chi connectivity index (χ2v) is 8.27. The van der Waals surface area contributed by atoms with Crippen LogP contribution in [0.25, 0.3) is 11.1 Å². The maximum Gasteiger partial charge on any atom is 0.326 e. The number of hydrogen-bond donors (Lipinski definition) is 8. The summed E-state index contributed by atoms with van der Waals surface area (Å²) in [5.74, 6) is -3.00. The average Bonchev–Trinajstić information content (AvgIpc) is 2.79. The Bertz CT molecular complexity index is 1100. The number of aliphatic hydroxyl groups is 1. The molecular weight excluding hydrogens is 444 g/mol. The summed E-state index contributed by atoms with van der Waals surface area (Å²) in [6, 6.07) is 5.23. The lowest BCUT2D eigenvalue weighted by Crippen LogP contribution is -2.49. The minimum atomic E-state index is -1.38. The standard InChI is InChI=1S/C23H28N4O7/c24-9-15(28)4-12-8-20(30)14-5-16(12)11-1-2-19(29)13(3-11)6-17(25)22(32)26-10-21(31)27-18(7-14)23(33)34/h1-3,5,8,15,17-18,28-30H,4,6-7,9-10,24-25H2,(H,26,32)(H,27,31)(H,33,34)/t15-,17+,18+/m1/s1. The van der Waals surface area contributed by atoms with Crippen molar-refractivity contribution in [1.82, 2.24) is 10.6 Å². The molecule has 10 N–H and O–H groups in total. The molecule has 2 aromatic rings. The molecule has 182 valence electrons. The van der Waals surface area contributed by atoms with Gasteiger partial charge in [0.15, 0.2) is 0 Å². The van der Waals surface area contributed by atoms with Crippen LogP contribution in [0.15, 0.2) is 30.3 Å². The van der Waals surface area contributed by atoms with Gasteiger partial charge in [0.05, 0.1) is 18.7 Å². The van der Waals surface area contributed by atoms with Gasteiger partial charge in [-0.3, -0.25) is 9.59 Å². The number of nitrogens with two attached hydrogens (primary N) is 2. The van der Waals surface area contributed by atoms with Crippen LogP contribution < -0.4 is 22.1 Å². The lowest BCUT2D eigenvalue weighted by atomic mass is 9.90. The van der Waals surface area contributed by atoms with Gasteiger partial charge < -0.3 is 42.5 Å². The molecule has 1 heterocycles. The van der Waals surface area contributed by atoms with Crippen LogP contribution in [0.3, 0.4) is 0 Å². The number of carbonyl (C=O) groups is 3. The molecule has 0 saturated heterocycles. The van der Waals surface area contributed by atoms with E-state index in [1.807, 2.05) is 0 Å². The maximum atomic E-state index is 12.3. The van der Waals surface area contributed by atoms with Crippen LogP contribution in [0.2, 0.25) is 0 Å². The van der Waals surface area contributed by atoms with Crippen LogP contribution in [-0.2, 0) is 33.6 Å². The molecule has 0 unspecified atom stereocenters. The number of fused-ring (bicyclic) bond motifs is 5. The SMILES string of the molecule is NC[C@H](O)Cc1cc(O)c2cc1-c1ccc(O)c(c1)C[C@H](N)C(=O)NCC(=O)N[C@H](C(=O)O)C2. The van der Waals surface area contributed by atoms with Gasteiger partial charge in [0.25, 0.3) is 0 Å². The number of nitrogens with one attached hydrogen (secondary N) is 2. The minimum Gasteiger partial charge on any atom is -0.508 e. The number of phenolic OH excluding ortho intramolecular Hbond substituents is 2. The van der Waals surface area contributed by atoms with E-state index in [4.69, 9.17) is 11.5 Å². The second kappa shape index (κ2) is 10.5. The number of aliphatic carboxylic acids is 1. The first-order chi connectivity index (χ1) is 16.1. The number of aliphatic hydroxyl groups excluding tert-OH is 1. The Kier molecular flexibility index (Phi) is 7.72. The zero-order chi connectivity index (χ0) is 25.0. The molecule has 0 spiro atoms. The van der Waals surface area contributed by atoms with Crippen LogP contribution >= 0.6 is 0 Å². The van der Waals surface area contributed by atoms with Crippen LogP contribution in [0, 0.1) is 0 Å². The van der Waals surface area contributed by atoms with Crippen molar-refractivity contribution in [2.24, 2.45) is 11.5 Å². The Balaban J connectivity index is 2.18. The zero-order valence-corrected chi connectivity index (χ0v) is 18.3. The third-order valence-corrected chi connectivity index (χ3v) is 5.68. The van der Waals surface area contributed by atoms with Gasteiger partial charge in [-0.15, -0.1) is 0 Å². The van der Waals surface area contributed by atoms with Gasteiger partial charge in [0.1, 0.15) is 17.5 Å². The predicted molar refractivity (Wildman–Crippen MR) is 122 cm³/mol. The van der Waals surface area contributed by atoms with E-state index in [0.717, 1.165) is 0 Å². The van der Waals surface area contributed by atoms with E-state index in [-0.39, 0.29) is 42.9 Å². The zero-order valence-electron chi connectivity index (χ0n) is 18.3. The number of phenols is 2. The molecule has 34 heavy (non-hydrogen) atoms. The lowest BCUT2D eigenvalue weighted by Gasteiger charge is -2.19.